The van der Waals surface area contributed by atoms with E-state index in [0.29, 0.717) is 6.04 Å². The lowest BCUT2D eigenvalue weighted by Gasteiger charge is -2.04. The molecule has 4 nitrogen and oxygen atoms in total. The standard InChI is InChI=1S/C14H20N4/c1-4-12-6-5-7-14(8-12)18-10-13(16-17-18)9-15-11(2)3/h5-8,10-11,15H,4,9H2,1-3H3. The molecule has 18 heavy (non-hydrogen) atoms. The summed E-state index contributed by atoms with van der Waals surface area (Å²) in [5.74, 6) is 0. The van der Waals surface area contributed by atoms with Crippen molar-refractivity contribution >= 4 is 0 Å². The molecule has 0 atom stereocenters. The van der Waals surface area contributed by atoms with Crippen LogP contribution in [0, 0.1) is 0 Å². The van der Waals surface area contributed by atoms with Gasteiger partial charge in [0.25, 0.3) is 0 Å². The van der Waals surface area contributed by atoms with Crippen molar-refractivity contribution in [2.24, 2.45) is 0 Å². The number of nitrogens with one attached hydrogen (secondary N) is 1. The van der Waals surface area contributed by atoms with E-state index in [-0.39, 0.29) is 0 Å². The lowest BCUT2D eigenvalue weighted by Crippen LogP contribution is -2.21. The molecule has 4 heteroatoms. The van der Waals surface area contributed by atoms with Crippen LogP contribution in [0.3, 0.4) is 0 Å². The first-order valence-corrected chi connectivity index (χ1v) is 6.43. The second kappa shape index (κ2) is 5.78. The summed E-state index contributed by atoms with van der Waals surface area (Å²) < 4.78 is 1.83. The van der Waals surface area contributed by atoms with Crippen LogP contribution in [-0.4, -0.2) is 21.0 Å². The number of rotatable bonds is 5. The summed E-state index contributed by atoms with van der Waals surface area (Å²) in [6.45, 7) is 7.15. The predicted octanol–water partition coefficient (Wildman–Crippen LogP) is 2.33. The van der Waals surface area contributed by atoms with Crippen LogP contribution in [0.25, 0.3) is 5.69 Å². The third-order valence-corrected chi connectivity index (χ3v) is 2.82. The Morgan fingerprint density at radius 1 is 1.33 bits per heavy atom. The van der Waals surface area contributed by atoms with Gasteiger partial charge in [-0.15, -0.1) is 5.10 Å². The number of hydrogen-bond donors (Lipinski definition) is 1. The van der Waals surface area contributed by atoms with Crippen LogP contribution in [0.5, 0.6) is 0 Å². The van der Waals surface area contributed by atoms with Gasteiger partial charge in [0, 0.05) is 12.6 Å². The molecule has 0 fully saturated rings. The first-order valence-electron chi connectivity index (χ1n) is 6.43. The number of aryl methyl sites for hydroxylation is 1. The summed E-state index contributed by atoms with van der Waals surface area (Å²) in [7, 11) is 0. The molecule has 0 unspecified atom stereocenters. The van der Waals surface area contributed by atoms with E-state index in [0.717, 1.165) is 24.3 Å². The lowest BCUT2D eigenvalue weighted by atomic mass is 10.1. The highest BCUT2D eigenvalue weighted by molar-refractivity contribution is 5.35. The minimum atomic E-state index is 0.457. The zero-order valence-electron chi connectivity index (χ0n) is 11.2. The van der Waals surface area contributed by atoms with Gasteiger partial charge in [-0.1, -0.05) is 38.1 Å². The molecule has 1 N–H and O–H groups in total. The van der Waals surface area contributed by atoms with Gasteiger partial charge in [-0.25, -0.2) is 4.68 Å². The van der Waals surface area contributed by atoms with E-state index in [1.54, 1.807) is 0 Å². The summed E-state index contributed by atoms with van der Waals surface area (Å²) in [6.07, 6.45) is 3.01. The Balaban J connectivity index is 2.13. The minimum Gasteiger partial charge on any atom is -0.309 e. The van der Waals surface area contributed by atoms with Gasteiger partial charge in [0.1, 0.15) is 0 Å². The highest BCUT2D eigenvalue weighted by atomic mass is 15.4. The Kier molecular flexibility index (Phi) is 4.10. The monoisotopic (exact) mass is 244 g/mol. The van der Waals surface area contributed by atoms with Crippen LogP contribution in [0.15, 0.2) is 30.5 Å². The van der Waals surface area contributed by atoms with Crippen LogP contribution in [0.1, 0.15) is 32.0 Å². The molecule has 1 aromatic carbocycles. The molecule has 2 aromatic rings. The minimum absolute atomic E-state index is 0.457. The maximum atomic E-state index is 4.17. The van der Waals surface area contributed by atoms with Crippen molar-refractivity contribution in [1.82, 2.24) is 20.3 Å². The quantitative estimate of drug-likeness (QED) is 0.877. The fraction of sp³-hybridized carbons (Fsp3) is 0.429. The predicted molar refractivity (Wildman–Crippen MR) is 72.7 cm³/mol. The number of nitrogens with zero attached hydrogens (tertiary/aromatic N) is 3. The number of hydrogen-bond acceptors (Lipinski definition) is 3. The fourth-order valence-corrected chi connectivity index (χ4v) is 1.73. The molecule has 1 aromatic heterocycles. The van der Waals surface area contributed by atoms with Gasteiger partial charge < -0.3 is 5.32 Å². The van der Waals surface area contributed by atoms with Gasteiger partial charge in [0.15, 0.2) is 0 Å². The van der Waals surface area contributed by atoms with E-state index < -0.39 is 0 Å². The van der Waals surface area contributed by atoms with Gasteiger partial charge in [-0.3, -0.25) is 0 Å². The summed E-state index contributed by atoms with van der Waals surface area (Å²) in [6, 6.07) is 8.84. The molecule has 96 valence electrons. The van der Waals surface area contributed by atoms with E-state index in [1.807, 2.05) is 16.9 Å². The summed E-state index contributed by atoms with van der Waals surface area (Å²) in [5, 5.41) is 11.7. The SMILES string of the molecule is CCc1cccc(-n2cc(CNC(C)C)nn2)c1. The zero-order chi connectivity index (χ0) is 13.0. The van der Waals surface area contributed by atoms with Crippen molar-refractivity contribution in [2.75, 3.05) is 0 Å². The molecule has 0 spiro atoms. The van der Waals surface area contributed by atoms with E-state index in [4.69, 9.17) is 0 Å². The highest BCUT2D eigenvalue weighted by Crippen LogP contribution is 2.10. The van der Waals surface area contributed by atoms with Crippen molar-refractivity contribution < 1.29 is 0 Å². The maximum absolute atomic E-state index is 4.17. The van der Waals surface area contributed by atoms with E-state index in [2.05, 4.69) is 54.6 Å². The van der Waals surface area contributed by atoms with Crippen molar-refractivity contribution in [1.29, 1.82) is 0 Å². The largest absolute Gasteiger partial charge is 0.309 e. The summed E-state index contributed by atoms with van der Waals surface area (Å²) >= 11 is 0. The zero-order valence-corrected chi connectivity index (χ0v) is 11.2. The van der Waals surface area contributed by atoms with Gasteiger partial charge in [0.05, 0.1) is 17.6 Å². The molecule has 1 heterocycles. The topological polar surface area (TPSA) is 42.7 Å². The molecular formula is C14H20N4. The first kappa shape index (κ1) is 12.8. The second-order valence-corrected chi connectivity index (χ2v) is 4.71. The second-order valence-electron chi connectivity index (χ2n) is 4.71. The normalized spacial score (nSPS) is 11.1. The maximum Gasteiger partial charge on any atom is 0.0969 e. The smallest absolute Gasteiger partial charge is 0.0969 e. The summed E-state index contributed by atoms with van der Waals surface area (Å²) in [4.78, 5) is 0. The van der Waals surface area contributed by atoms with Crippen LogP contribution in [-0.2, 0) is 13.0 Å². The molecule has 0 saturated carbocycles. The van der Waals surface area contributed by atoms with Gasteiger partial charge in [0.2, 0.25) is 0 Å². The molecular weight excluding hydrogens is 224 g/mol. The van der Waals surface area contributed by atoms with Gasteiger partial charge in [-0.2, -0.15) is 0 Å². The Bertz CT molecular complexity index is 502. The highest BCUT2D eigenvalue weighted by Gasteiger charge is 2.03. The number of aromatic nitrogens is 3. The van der Waals surface area contributed by atoms with Crippen molar-refractivity contribution in [2.45, 2.75) is 39.8 Å². The van der Waals surface area contributed by atoms with Crippen LogP contribution in [0.4, 0.5) is 0 Å². The van der Waals surface area contributed by atoms with Crippen molar-refractivity contribution in [3.05, 3.63) is 41.7 Å². The average Bonchev–Trinajstić information content (AvgIpc) is 2.85. The third-order valence-electron chi connectivity index (χ3n) is 2.82. The Hall–Kier alpha value is -1.68. The van der Waals surface area contributed by atoms with E-state index in [1.165, 1.54) is 5.56 Å². The van der Waals surface area contributed by atoms with Crippen LogP contribution in [0.2, 0.25) is 0 Å². The summed E-state index contributed by atoms with van der Waals surface area (Å²) in [5.41, 5.74) is 3.34. The van der Waals surface area contributed by atoms with Gasteiger partial charge >= 0.3 is 0 Å². The van der Waals surface area contributed by atoms with E-state index in [9.17, 15) is 0 Å². The Morgan fingerprint density at radius 3 is 2.89 bits per heavy atom. The Morgan fingerprint density at radius 2 is 2.17 bits per heavy atom. The van der Waals surface area contributed by atoms with Crippen LogP contribution >= 0.6 is 0 Å². The molecule has 0 aliphatic rings. The van der Waals surface area contributed by atoms with Gasteiger partial charge in [-0.05, 0) is 24.1 Å². The Labute approximate surface area is 108 Å². The molecule has 0 amide bonds. The third kappa shape index (κ3) is 3.17. The van der Waals surface area contributed by atoms with Crippen molar-refractivity contribution in [3.63, 3.8) is 0 Å². The lowest BCUT2D eigenvalue weighted by molar-refractivity contribution is 0.580. The first-order chi connectivity index (χ1) is 8.69. The average molecular weight is 244 g/mol. The molecule has 2 rings (SSSR count). The molecule has 0 aliphatic carbocycles. The molecule has 0 bridgehead atoms. The molecule has 0 aliphatic heterocycles. The fourth-order valence-electron chi connectivity index (χ4n) is 1.73. The van der Waals surface area contributed by atoms with Crippen LogP contribution < -0.4 is 5.32 Å². The van der Waals surface area contributed by atoms with E-state index >= 15 is 0 Å². The van der Waals surface area contributed by atoms with Crippen molar-refractivity contribution in [3.8, 4) is 5.69 Å². The molecule has 0 saturated heterocycles. The molecule has 0 radical (unpaired) electrons. The number of benzene rings is 1.